The van der Waals surface area contributed by atoms with Crippen molar-refractivity contribution in [2.75, 3.05) is 19.6 Å². The second-order valence-corrected chi connectivity index (χ2v) is 6.28. The molecule has 0 radical (unpaired) electrons. The summed E-state index contributed by atoms with van der Waals surface area (Å²) in [5, 5.41) is 3.67. The van der Waals surface area contributed by atoms with Crippen LogP contribution in [0.2, 0.25) is 0 Å². The third kappa shape index (κ3) is 3.71. The molecule has 1 aliphatic heterocycles. The van der Waals surface area contributed by atoms with Crippen LogP contribution in [-0.2, 0) is 0 Å². The summed E-state index contributed by atoms with van der Waals surface area (Å²) >= 11 is 0. The maximum atomic E-state index is 4.31. The number of piperidine rings is 1. The van der Waals surface area contributed by atoms with Gasteiger partial charge < -0.3 is 5.32 Å². The van der Waals surface area contributed by atoms with Crippen LogP contribution in [0.5, 0.6) is 0 Å². The first kappa shape index (κ1) is 13.8. The van der Waals surface area contributed by atoms with Crippen molar-refractivity contribution in [2.24, 2.45) is 0 Å². The van der Waals surface area contributed by atoms with Crippen molar-refractivity contribution < 1.29 is 0 Å². The van der Waals surface area contributed by atoms with E-state index in [2.05, 4.69) is 47.1 Å². The lowest BCUT2D eigenvalue weighted by atomic mass is 10.0. The Morgan fingerprint density at radius 2 is 1.95 bits per heavy atom. The lowest BCUT2D eigenvalue weighted by Gasteiger charge is -2.31. The molecule has 0 spiro atoms. The minimum atomic E-state index is 0.688. The van der Waals surface area contributed by atoms with Gasteiger partial charge in [-0.05, 0) is 43.4 Å². The minimum absolute atomic E-state index is 0.688. The van der Waals surface area contributed by atoms with Crippen LogP contribution in [-0.4, -0.2) is 36.6 Å². The lowest BCUT2D eigenvalue weighted by Crippen LogP contribution is -2.44. The second kappa shape index (κ2) is 6.55. The van der Waals surface area contributed by atoms with Gasteiger partial charge in [-0.25, -0.2) is 0 Å². The minimum Gasteiger partial charge on any atom is -0.313 e. The monoisotopic (exact) mass is 270 g/mol. The fraction of sp³-hybridized carbons (Fsp3) is 0.556. The van der Waals surface area contributed by atoms with Gasteiger partial charge in [-0.3, -0.25) is 4.90 Å². The fourth-order valence-corrected chi connectivity index (χ4v) is 3.16. The molecule has 3 rings (SSSR count). The highest BCUT2D eigenvalue weighted by atomic mass is 15.2. The van der Waals surface area contributed by atoms with Gasteiger partial charge in [-0.2, -0.15) is 0 Å². The normalized spacial score (nSPS) is 22.9. The van der Waals surface area contributed by atoms with E-state index >= 15 is 0 Å². The molecule has 2 heteroatoms. The molecule has 1 unspecified atom stereocenters. The SMILES string of the molecule is C=C(CN(CC1CCCCN1)C1CC1)c1ccccc1. The van der Waals surface area contributed by atoms with E-state index in [1.165, 1.54) is 56.3 Å². The van der Waals surface area contributed by atoms with E-state index in [-0.39, 0.29) is 0 Å². The van der Waals surface area contributed by atoms with Gasteiger partial charge in [-0.1, -0.05) is 43.3 Å². The van der Waals surface area contributed by atoms with Gasteiger partial charge in [0, 0.05) is 25.2 Å². The van der Waals surface area contributed by atoms with Gasteiger partial charge in [0.25, 0.3) is 0 Å². The molecule has 1 saturated carbocycles. The van der Waals surface area contributed by atoms with Crippen LogP contribution in [0.25, 0.3) is 5.57 Å². The average molecular weight is 270 g/mol. The Hall–Kier alpha value is -1.12. The van der Waals surface area contributed by atoms with Crippen molar-refractivity contribution in [1.29, 1.82) is 0 Å². The standard InChI is InChI=1S/C18H26N2/c1-15(16-7-3-2-4-8-16)13-20(18-10-11-18)14-17-9-5-6-12-19-17/h2-4,7-8,17-19H,1,5-6,9-14H2. The molecule has 2 fully saturated rings. The van der Waals surface area contributed by atoms with Crippen LogP contribution >= 0.6 is 0 Å². The zero-order valence-corrected chi connectivity index (χ0v) is 12.4. The van der Waals surface area contributed by atoms with Crippen LogP contribution < -0.4 is 5.32 Å². The third-order valence-corrected chi connectivity index (χ3v) is 4.51. The van der Waals surface area contributed by atoms with Crippen molar-refractivity contribution >= 4 is 5.57 Å². The summed E-state index contributed by atoms with van der Waals surface area (Å²) in [6, 6.07) is 12.1. The molecule has 1 heterocycles. The summed E-state index contributed by atoms with van der Waals surface area (Å²) in [5.41, 5.74) is 2.54. The quantitative estimate of drug-likeness (QED) is 0.853. The highest BCUT2D eigenvalue weighted by molar-refractivity contribution is 5.64. The molecular formula is C18H26N2. The molecule has 1 N–H and O–H groups in total. The topological polar surface area (TPSA) is 15.3 Å². The van der Waals surface area contributed by atoms with E-state index in [1.54, 1.807) is 0 Å². The molecule has 0 bridgehead atoms. The van der Waals surface area contributed by atoms with Crippen LogP contribution in [0.1, 0.15) is 37.7 Å². The predicted octanol–water partition coefficient (Wildman–Crippen LogP) is 3.31. The molecule has 1 atom stereocenters. The van der Waals surface area contributed by atoms with E-state index in [0.717, 1.165) is 12.6 Å². The van der Waals surface area contributed by atoms with E-state index in [1.807, 2.05) is 0 Å². The third-order valence-electron chi connectivity index (χ3n) is 4.51. The van der Waals surface area contributed by atoms with Gasteiger partial charge in [0.05, 0.1) is 0 Å². The Morgan fingerprint density at radius 3 is 2.60 bits per heavy atom. The number of benzene rings is 1. The fourth-order valence-electron chi connectivity index (χ4n) is 3.16. The highest BCUT2D eigenvalue weighted by Crippen LogP contribution is 2.29. The highest BCUT2D eigenvalue weighted by Gasteiger charge is 2.31. The first-order chi connectivity index (χ1) is 9.83. The first-order valence-corrected chi connectivity index (χ1v) is 8.03. The molecule has 1 aromatic carbocycles. The van der Waals surface area contributed by atoms with Crippen molar-refractivity contribution in [3.05, 3.63) is 42.5 Å². The van der Waals surface area contributed by atoms with Gasteiger partial charge in [0.2, 0.25) is 0 Å². The van der Waals surface area contributed by atoms with Crippen LogP contribution in [0.3, 0.4) is 0 Å². The Kier molecular flexibility index (Phi) is 4.54. The van der Waals surface area contributed by atoms with Crippen LogP contribution in [0.4, 0.5) is 0 Å². The maximum Gasteiger partial charge on any atom is 0.0237 e. The molecule has 1 aromatic rings. The largest absolute Gasteiger partial charge is 0.313 e. The summed E-state index contributed by atoms with van der Waals surface area (Å²) < 4.78 is 0. The Bertz CT molecular complexity index is 430. The predicted molar refractivity (Wildman–Crippen MR) is 85.7 cm³/mol. The number of hydrogen-bond acceptors (Lipinski definition) is 2. The van der Waals surface area contributed by atoms with Gasteiger partial charge >= 0.3 is 0 Å². The van der Waals surface area contributed by atoms with Crippen molar-refractivity contribution in [1.82, 2.24) is 10.2 Å². The van der Waals surface area contributed by atoms with Crippen LogP contribution in [0.15, 0.2) is 36.9 Å². The Balaban J connectivity index is 1.58. The number of nitrogens with zero attached hydrogens (tertiary/aromatic N) is 1. The number of hydrogen-bond donors (Lipinski definition) is 1. The van der Waals surface area contributed by atoms with E-state index in [0.29, 0.717) is 6.04 Å². The number of nitrogens with one attached hydrogen (secondary N) is 1. The summed E-state index contributed by atoms with van der Waals surface area (Å²) in [6.07, 6.45) is 6.80. The first-order valence-electron chi connectivity index (χ1n) is 8.03. The summed E-state index contributed by atoms with van der Waals surface area (Å²) in [7, 11) is 0. The van der Waals surface area contributed by atoms with Crippen molar-refractivity contribution in [2.45, 2.75) is 44.2 Å². The summed E-state index contributed by atoms with van der Waals surface area (Å²) in [6.45, 7) is 7.71. The second-order valence-electron chi connectivity index (χ2n) is 6.28. The zero-order chi connectivity index (χ0) is 13.8. The lowest BCUT2D eigenvalue weighted by molar-refractivity contribution is 0.237. The molecule has 0 aromatic heterocycles. The van der Waals surface area contributed by atoms with E-state index in [4.69, 9.17) is 0 Å². The molecule has 20 heavy (non-hydrogen) atoms. The van der Waals surface area contributed by atoms with E-state index in [9.17, 15) is 0 Å². The van der Waals surface area contributed by atoms with Gasteiger partial charge in [0.1, 0.15) is 0 Å². The Morgan fingerprint density at radius 1 is 1.15 bits per heavy atom. The molecule has 0 amide bonds. The molecule has 2 aliphatic rings. The molecule has 1 aliphatic carbocycles. The van der Waals surface area contributed by atoms with Gasteiger partial charge in [-0.15, -0.1) is 0 Å². The number of rotatable bonds is 6. The molecule has 108 valence electrons. The Labute approximate surface area is 122 Å². The van der Waals surface area contributed by atoms with E-state index < -0.39 is 0 Å². The molecule has 2 nitrogen and oxygen atoms in total. The summed E-state index contributed by atoms with van der Waals surface area (Å²) in [4.78, 5) is 2.65. The zero-order valence-electron chi connectivity index (χ0n) is 12.4. The van der Waals surface area contributed by atoms with Gasteiger partial charge in [0.15, 0.2) is 0 Å². The van der Waals surface area contributed by atoms with Crippen LogP contribution in [0, 0.1) is 0 Å². The van der Waals surface area contributed by atoms with Crippen molar-refractivity contribution in [3.8, 4) is 0 Å². The van der Waals surface area contributed by atoms with Crippen molar-refractivity contribution in [3.63, 3.8) is 0 Å². The smallest absolute Gasteiger partial charge is 0.0237 e. The molecular weight excluding hydrogens is 244 g/mol. The average Bonchev–Trinajstić information content (AvgIpc) is 3.33. The molecule has 1 saturated heterocycles. The summed E-state index contributed by atoms with van der Waals surface area (Å²) in [5.74, 6) is 0. The maximum absolute atomic E-state index is 4.31.